The maximum Gasteiger partial charge on any atom is 0.120 e. The van der Waals surface area contributed by atoms with E-state index in [1.807, 2.05) is 36.4 Å². The van der Waals surface area contributed by atoms with Crippen molar-refractivity contribution in [1.82, 2.24) is 4.90 Å². The molecule has 0 spiro atoms. The summed E-state index contributed by atoms with van der Waals surface area (Å²) in [6, 6.07) is 17.6. The number of nitriles is 1. The van der Waals surface area contributed by atoms with Crippen molar-refractivity contribution in [3.05, 3.63) is 65.2 Å². The molecule has 2 rings (SSSR count). The number of aliphatic hydroxyl groups is 1. The van der Waals surface area contributed by atoms with Crippen molar-refractivity contribution in [2.24, 2.45) is 0 Å². The summed E-state index contributed by atoms with van der Waals surface area (Å²) in [5.74, 6) is 0.787. The summed E-state index contributed by atoms with van der Waals surface area (Å²) in [7, 11) is 0. The summed E-state index contributed by atoms with van der Waals surface area (Å²) >= 11 is 0. The molecule has 2 aromatic carbocycles. The lowest BCUT2D eigenvalue weighted by Gasteiger charge is -2.19. The van der Waals surface area contributed by atoms with E-state index in [9.17, 15) is 0 Å². The van der Waals surface area contributed by atoms with Crippen LogP contribution in [-0.4, -0.2) is 29.7 Å². The first-order chi connectivity index (χ1) is 11.3. The van der Waals surface area contributed by atoms with Crippen molar-refractivity contribution >= 4 is 0 Å². The van der Waals surface area contributed by atoms with Gasteiger partial charge in [0.25, 0.3) is 0 Å². The second-order valence-electron chi connectivity index (χ2n) is 5.30. The molecular weight excluding hydrogens is 288 g/mol. The number of nitrogens with zero attached hydrogens (tertiary/aromatic N) is 2. The van der Waals surface area contributed by atoms with E-state index >= 15 is 0 Å². The van der Waals surface area contributed by atoms with Crippen LogP contribution < -0.4 is 4.74 Å². The van der Waals surface area contributed by atoms with E-state index in [1.54, 1.807) is 6.07 Å². The van der Waals surface area contributed by atoms with Crippen molar-refractivity contribution in [2.45, 2.75) is 20.1 Å². The molecule has 0 atom stereocenters. The molecule has 0 amide bonds. The number of ether oxygens (including phenoxy) is 1. The molecule has 0 aliphatic heterocycles. The van der Waals surface area contributed by atoms with Crippen molar-refractivity contribution in [3.8, 4) is 11.8 Å². The first-order valence-electron chi connectivity index (χ1n) is 7.79. The van der Waals surface area contributed by atoms with Gasteiger partial charge in [0.1, 0.15) is 12.4 Å². The maximum atomic E-state index is 9.11. The molecule has 4 heteroatoms. The van der Waals surface area contributed by atoms with E-state index in [-0.39, 0.29) is 6.61 Å². The lowest BCUT2D eigenvalue weighted by atomic mass is 10.1. The predicted octanol–water partition coefficient (Wildman–Crippen LogP) is 2.95. The molecule has 0 fully saturated rings. The molecule has 1 N–H and O–H groups in total. The molecule has 0 aliphatic rings. The second kappa shape index (κ2) is 8.94. The number of likely N-dealkylation sites (N-methyl/N-ethyl adjacent to an activating group) is 1. The van der Waals surface area contributed by atoms with E-state index in [0.717, 1.165) is 30.0 Å². The lowest BCUT2D eigenvalue weighted by molar-refractivity contribution is 0.196. The van der Waals surface area contributed by atoms with Gasteiger partial charge in [-0.15, -0.1) is 0 Å². The van der Waals surface area contributed by atoms with Crippen LogP contribution in [0, 0.1) is 11.3 Å². The Labute approximate surface area is 137 Å². The number of hydrogen-bond donors (Lipinski definition) is 1. The number of benzene rings is 2. The minimum Gasteiger partial charge on any atom is -0.489 e. The summed E-state index contributed by atoms with van der Waals surface area (Å²) in [5.41, 5.74) is 2.67. The monoisotopic (exact) mass is 310 g/mol. The summed E-state index contributed by atoms with van der Waals surface area (Å²) in [4.78, 5) is 2.17. The van der Waals surface area contributed by atoms with E-state index in [1.165, 1.54) is 0 Å². The van der Waals surface area contributed by atoms with Crippen molar-refractivity contribution in [1.29, 1.82) is 5.26 Å². The fourth-order valence-electron chi connectivity index (χ4n) is 2.40. The van der Waals surface area contributed by atoms with Crippen molar-refractivity contribution in [3.63, 3.8) is 0 Å². The third kappa shape index (κ3) is 5.10. The Bertz CT molecular complexity index is 664. The maximum absolute atomic E-state index is 9.11. The number of hydrogen-bond acceptors (Lipinski definition) is 4. The van der Waals surface area contributed by atoms with Gasteiger partial charge in [-0.1, -0.05) is 37.3 Å². The van der Waals surface area contributed by atoms with Gasteiger partial charge in [-0.05, 0) is 30.3 Å². The second-order valence-corrected chi connectivity index (χ2v) is 5.30. The molecule has 0 radical (unpaired) electrons. The molecule has 120 valence electrons. The Morgan fingerprint density at radius 2 is 2.00 bits per heavy atom. The standard InChI is InChI=1S/C19H22N2O2/c1-2-21(10-11-22)14-16-6-5-9-19(12-16)23-15-18-8-4-3-7-17(18)13-20/h3-9,12,22H,2,10-11,14-15H2,1H3. The SMILES string of the molecule is CCN(CCO)Cc1cccc(OCc2ccccc2C#N)c1. The van der Waals surface area contributed by atoms with E-state index in [2.05, 4.69) is 24.0 Å². The summed E-state index contributed by atoms with van der Waals surface area (Å²) < 4.78 is 5.83. The largest absolute Gasteiger partial charge is 0.489 e. The Hall–Kier alpha value is -2.35. The van der Waals surface area contributed by atoms with Gasteiger partial charge in [-0.2, -0.15) is 5.26 Å². The molecule has 2 aromatic rings. The van der Waals surface area contributed by atoms with Crippen molar-refractivity contribution in [2.75, 3.05) is 19.7 Å². The minimum absolute atomic E-state index is 0.162. The van der Waals surface area contributed by atoms with Gasteiger partial charge in [0.15, 0.2) is 0 Å². The zero-order valence-corrected chi connectivity index (χ0v) is 13.4. The van der Waals surface area contributed by atoms with Gasteiger partial charge in [-0.3, -0.25) is 4.90 Å². The van der Waals surface area contributed by atoms with Crippen LogP contribution in [0.5, 0.6) is 5.75 Å². The highest BCUT2D eigenvalue weighted by Crippen LogP contribution is 2.17. The van der Waals surface area contributed by atoms with Crippen LogP contribution in [0.3, 0.4) is 0 Å². The molecule has 4 nitrogen and oxygen atoms in total. The summed E-state index contributed by atoms with van der Waals surface area (Å²) in [6.07, 6.45) is 0. The fraction of sp³-hybridized carbons (Fsp3) is 0.316. The van der Waals surface area contributed by atoms with Crippen molar-refractivity contribution < 1.29 is 9.84 Å². The minimum atomic E-state index is 0.162. The van der Waals surface area contributed by atoms with Gasteiger partial charge < -0.3 is 9.84 Å². The zero-order chi connectivity index (χ0) is 16.5. The Morgan fingerprint density at radius 3 is 2.74 bits per heavy atom. The van der Waals surface area contributed by atoms with Gasteiger partial charge in [0.05, 0.1) is 18.2 Å². The van der Waals surface area contributed by atoms with Crippen LogP contribution >= 0.6 is 0 Å². The first-order valence-corrected chi connectivity index (χ1v) is 7.79. The lowest BCUT2D eigenvalue weighted by Crippen LogP contribution is -2.26. The van der Waals surface area contributed by atoms with Crippen LogP contribution in [0.4, 0.5) is 0 Å². The Morgan fingerprint density at radius 1 is 1.17 bits per heavy atom. The Kier molecular flexibility index (Phi) is 6.61. The Balaban J connectivity index is 2.01. The average molecular weight is 310 g/mol. The van der Waals surface area contributed by atoms with Gasteiger partial charge in [0.2, 0.25) is 0 Å². The molecule has 0 bridgehead atoms. The molecule has 0 saturated heterocycles. The van der Waals surface area contributed by atoms with E-state index in [0.29, 0.717) is 18.7 Å². The molecule has 0 aromatic heterocycles. The van der Waals surface area contributed by atoms with Crippen LogP contribution in [0.2, 0.25) is 0 Å². The molecule has 0 heterocycles. The van der Waals surface area contributed by atoms with Crippen LogP contribution in [0.25, 0.3) is 0 Å². The smallest absolute Gasteiger partial charge is 0.120 e. The number of aliphatic hydroxyl groups excluding tert-OH is 1. The molecule has 0 unspecified atom stereocenters. The predicted molar refractivity (Wildman–Crippen MR) is 90.0 cm³/mol. The first kappa shape index (κ1) is 17.0. The van der Waals surface area contributed by atoms with E-state index < -0.39 is 0 Å². The average Bonchev–Trinajstić information content (AvgIpc) is 2.60. The summed E-state index contributed by atoms with van der Waals surface area (Å²) in [6.45, 7) is 4.95. The topological polar surface area (TPSA) is 56.5 Å². The normalized spacial score (nSPS) is 10.5. The third-order valence-corrected chi connectivity index (χ3v) is 3.70. The van der Waals surface area contributed by atoms with E-state index in [4.69, 9.17) is 15.1 Å². The summed E-state index contributed by atoms with van der Waals surface area (Å²) in [5, 5.41) is 18.2. The van der Waals surface area contributed by atoms with Crippen LogP contribution in [0.15, 0.2) is 48.5 Å². The van der Waals surface area contributed by atoms with Crippen LogP contribution in [0.1, 0.15) is 23.6 Å². The zero-order valence-electron chi connectivity index (χ0n) is 13.4. The van der Waals surface area contributed by atoms with Crippen LogP contribution in [-0.2, 0) is 13.2 Å². The molecule has 23 heavy (non-hydrogen) atoms. The highest BCUT2D eigenvalue weighted by molar-refractivity contribution is 5.37. The van der Waals surface area contributed by atoms with Gasteiger partial charge in [0, 0.05) is 18.7 Å². The van der Waals surface area contributed by atoms with Gasteiger partial charge in [-0.25, -0.2) is 0 Å². The molecule has 0 saturated carbocycles. The third-order valence-electron chi connectivity index (χ3n) is 3.70. The quantitative estimate of drug-likeness (QED) is 0.814. The highest BCUT2D eigenvalue weighted by Gasteiger charge is 2.05. The highest BCUT2D eigenvalue weighted by atomic mass is 16.5. The van der Waals surface area contributed by atoms with Gasteiger partial charge >= 0.3 is 0 Å². The molecular formula is C19H22N2O2. The number of rotatable bonds is 8. The fourth-order valence-corrected chi connectivity index (χ4v) is 2.40. The molecule has 0 aliphatic carbocycles.